The first-order valence-corrected chi connectivity index (χ1v) is 6.79. The van der Waals surface area contributed by atoms with E-state index in [1.54, 1.807) is 0 Å². The van der Waals surface area contributed by atoms with Gasteiger partial charge in [0, 0.05) is 25.7 Å². The van der Waals surface area contributed by atoms with Gasteiger partial charge in [0.15, 0.2) is 0 Å². The molecule has 4 unspecified atom stereocenters. The van der Waals surface area contributed by atoms with Crippen molar-refractivity contribution in [1.29, 1.82) is 0 Å². The highest BCUT2D eigenvalue weighted by atomic mass is 16.5. The molecule has 0 saturated carbocycles. The first-order chi connectivity index (χ1) is 8.13. The highest BCUT2D eigenvalue weighted by Gasteiger charge is 2.36. The molecule has 0 aromatic heterocycles. The summed E-state index contributed by atoms with van der Waals surface area (Å²) in [5.41, 5.74) is 6.07. The van der Waals surface area contributed by atoms with E-state index in [-0.39, 0.29) is 24.0 Å². The van der Waals surface area contributed by atoms with Crippen LogP contribution in [0.5, 0.6) is 0 Å². The van der Waals surface area contributed by atoms with Gasteiger partial charge in [-0.2, -0.15) is 0 Å². The molecular weight excluding hydrogens is 216 g/mol. The van der Waals surface area contributed by atoms with Crippen LogP contribution in [-0.2, 0) is 9.53 Å². The van der Waals surface area contributed by atoms with Crippen LogP contribution >= 0.6 is 0 Å². The zero-order valence-electron chi connectivity index (χ0n) is 10.9. The van der Waals surface area contributed by atoms with Gasteiger partial charge < -0.3 is 15.4 Å². The fourth-order valence-corrected chi connectivity index (χ4v) is 2.97. The summed E-state index contributed by atoms with van der Waals surface area (Å²) in [7, 11) is 0. The third-order valence-electron chi connectivity index (χ3n) is 4.32. The molecule has 0 spiro atoms. The second-order valence-corrected chi connectivity index (χ2v) is 5.38. The fraction of sp³-hybridized carbons (Fsp3) is 0.923. The fourth-order valence-electron chi connectivity index (χ4n) is 2.97. The van der Waals surface area contributed by atoms with Crippen LogP contribution in [0.15, 0.2) is 0 Å². The van der Waals surface area contributed by atoms with Gasteiger partial charge in [-0.25, -0.2) is 0 Å². The maximum Gasteiger partial charge on any atom is 0.228 e. The third kappa shape index (κ3) is 2.63. The summed E-state index contributed by atoms with van der Waals surface area (Å²) in [4.78, 5) is 14.4. The third-order valence-corrected chi connectivity index (χ3v) is 4.32. The number of likely N-dealkylation sites (tertiary alicyclic amines) is 1. The summed E-state index contributed by atoms with van der Waals surface area (Å²) in [6.07, 6.45) is 2.95. The second kappa shape index (κ2) is 5.36. The van der Waals surface area contributed by atoms with E-state index >= 15 is 0 Å². The van der Waals surface area contributed by atoms with Crippen LogP contribution in [0.25, 0.3) is 0 Å². The molecule has 0 bridgehead atoms. The summed E-state index contributed by atoms with van der Waals surface area (Å²) in [6.45, 7) is 6.53. The van der Waals surface area contributed by atoms with E-state index in [9.17, 15) is 4.79 Å². The molecule has 2 saturated heterocycles. The molecule has 4 atom stereocenters. The molecule has 0 radical (unpaired) electrons. The molecule has 2 heterocycles. The Labute approximate surface area is 103 Å². The van der Waals surface area contributed by atoms with Gasteiger partial charge in [0.2, 0.25) is 5.91 Å². The number of ether oxygens (including phenoxy) is 1. The summed E-state index contributed by atoms with van der Waals surface area (Å²) >= 11 is 0. The van der Waals surface area contributed by atoms with Crippen molar-refractivity contribution >= 4 is 5.91 Å². The number of carbonyl (C=O) groups is 1. The molecule has 2 aliphatic heterocycles. The molecule has 2 N–H and O–H groups in total. The zero-order valence-corrected chi connectivity index (χ0v) is 10.9. The highest BCUT2D eigenvalue weighted by Crippen LogP contribution is 2.26. The van der Waals surface area contributed by atoms with Crippen molar-refractivity contribution in [3.8, 4) is 0 Å². The van der Waals surface area contributed by atoms with Crippen molar-refractivity contribution in [3.05, 3.63) is 0 Å². The summed E-state index contributed by atoms with van der Waals surface area (Å²) in [5, 5.41) is 0. The minimum atomic E-state index is 0.0711. The first kappa shape index (κ1) is 12.8. The Morgan fingerprint density at radius 2 is 2.24 bits per heavy atom. The Bertz CT molecular complexity index is 283. The number of hydrogen-bond acceptors (Lipinski definition) is 3. The topological polar surface area (TPSA) is 55.6 Å². The molecule has 17 heavy (non-hydrogen) atoms. The molecule has 98 valence electrons. The van der Waals surface area contributed by atoms with Crippen molar-refractivity contribution in [3.63, 3.8) is 0 Å². The van der Waals surface area contributed by atoms with Gasteiger partial charge in [-0.3, -0.25) is 4.79 Å². The lowest BCUT2D eigenvalue weighted by molar-refractivity contribution is -0.139. The monoisotopic (exact) mass is 240 g/mol. The average Bonchev–Trinajstić information content (AvgIpc) is 2.75. The van der Waals surface area contributed by atoms with E-state index in [4.69, 9.17) is 10.5 Å². The molecule has 2 rings (SSSR count). The number of amides is 1. The largest absolute Gasteiger partial charge is 0.378 e. The number of nitrogens with zero attached hydrogens (tertiary/aromatic N) is 1. The maximum absolute atomic E-state index is 12.4. The zero-order chi connectivity index (χ0) is 12.4. The van der Waals surface area contributed by atoms with Gasteiger partial charge in [-0.15, -0.1) is 0 Å². The van der Waals surface area contributed by atoms with Crippen LogP contribution in [0.4, 0.5) is 0 Å². The van der Waals surface area contributed by atoms with Gasteiger partial charge in [0.05, 0.1) is 12.0 Å². The predicted molar refractivity (Wildman–Crippen MR) is 66.5 cm³/mol. The highest BCUT2D eigenvalue weighted by molar-refractivity contribution is 5.79. The van der Waals surface area contributed by atoms with E-state index < -0.39 is 0 Å². The smallest absolute Gasteiger partial charge is 0.228 e. The van der Waals surface area contributed by atoms with Gasteiger partial charge in [-0.05, 0) is 25.7 Å². The summed E-state index contributed by atoms with van der Waals surface area (Å²) in [6, 6.07) is 0.265. The summed E-state index contributed by atoms with van der Waals surface area (Å²) < 4.78 is 5.48. The van der Waals surface area contributed by atoms with E-state index in [2.05, 4.69) is 6.92 Å². The lowest BCUT2D eigenvalue weighted by atomic mass is 9.89. The minimum Gasteiger partial charge on any atom is -0.378 e. The molecule has 0 aromatic carbocycles. The van der Waals surface area contributed by atoms with E-state index in [0.717, 1.165) is 39.0 Å². The number of piperidine rings is 1. The number of hydrogen-bond donors (Lipinski definition) is 1. The van der Waals surface area contributed by atoms with Gasteiger partial charge in [0.25, 0.3) is 0 Å². The van der Waals surface area contributed by atoms with Crippen molar-refractivity contribution in [2.24, 2.45) is 17.6 Å². The molecule has 4 heteroatoms. The Hall–Kier alpha value is -0.610. The standard InChI is InChI=1S/C13H24N2O2/c1-3-10-8-15(6-4-12(10)14)13(16)11-5-7-17-9(11)2/h9-12H,3-8,14H2,1-2H3. The number of carbonyl (C=O) groups excluding carboxylic acids is 1. The van der Waals surface area contributed by atoms with Crippen LogP contribution in [0.2, 0.25) is 0 Å². The van der Waals surface area contributed by atoms with Gasteiger partial charge in [0.1, 0.15) is 0 Å². The molecule has 4 nitrogen and oxygen atoms in total. The Morgan fingerprint density at radius 3 is 2.82 bits per heavy atom. The van der Waals surface area contributed by atoms with Crippen LogP contribution in [0.1, 0.15) is 33.1 Å². The van der Waals surface area contributed by atoms with Crippen LogP contribution < -0.4 is 5.73 Å². The number of rotatable bonds is 2. The predicted octanol–water partition coefficient (Wildman–Crippen LogP) is 0.997. The number of nitrogens with two attached hydrogens (primary N) is 1. The van der Waals surface area contributed by atoms with Gasteiger partial charge in [-0.1, -0.05) is 13.3 Å². The normalized spacial score (nSPS) is 38.4. The van der Waals surface area contributed by atoms with Crippen molar-refractivity contribution in [2.75, 3.05) is 19.7 Å². The Balaban J connectivity index is 1.95. The van der Waals surface area contributed by atoms with E-state index in [1.807, 2.05) is 11.8 Å². The second-order valence-electron chi connectivity index (χ2n) is 5.38. The average molecular weight is 240 g/mol. The van der Waals surface area contributed by atoms with E-state index in [1.165, 1.54) is 0 Å². The lowest BCUT2D eigenvalue weighted by Crippen LogP contribution is -2.51. The van der Waals surface area contributed by atoms with Crippen molar-refractivity contribution in [1.82, 2.24) is 4.90 Å². The lowest BCUT2D eigenvalue weighted by Gasteiger charge is -2.38. The van der Waals surface area contributed by atoms with Crippen molar-refractivity contribution < 1.29 is 9.53 Å². The van der Waals surface area contributed by atoms with E-state index in [0.29, 0.717) is 5.92 Å². The Kier molecular flexibility index (Phi) is 4.05. The van der Waals surface area contributed by atoms with Crippen LogP contribution in [0, 0.1) is 11.8 Å². The quantitative estimate of drug-likeness (QED) is 0.783. The molecule has 1 amide bonds. The molecule has 2 aliphatic rings. The van der Waals surface area contributed by atoms with Crippen LogP contribution in [0.3, 0.4) is 0 Å². The molecule has 0 aliphatic carbocycles. The summed E-state index contributed by atoms with van der Waals surface area (Å²) in [5.74, 6) is 0.813. The molecule has 0 aromatic rings. The SMILES string of the molecule is CCC1CN(C(=O)C2CCOC2C)CCC1N. The van der Waals surface area contributed by atoms with Crippen LogP contribution in [-0.4, -0.2) is 42.6 Å². The Morgan fingerprint density at radius 1 is 1.47 bits per heavy atom. The minimum absolute atomic E-state index is 0.0711. The first-order valence-electron chi connectivity index (χ1n) is 6.79. The van der Waals surface area contributed by atoms with Gasteiger partial charge >= 0.3 is 0 Å². The maximum atomic E-state index is 12.4. The molecular formula is C13H24N2O2. The van der Waals surface area contributed by atoms with Crippen molar-refractivity contribution in [2.45, 2.75) is 45.3 Å². The molecule has 2 fully saturated rings.